The molecule has 0 aromatic rings. The molecule has 1 saturated heterocycles. The van der Waals surface area contributed by atoms with E-state index in [9.17, 15) is 8.78 Å². The highest BCUT2D eigenvalue weighted by atomic mass is 19.3. The fourth-order valence-electron chi connectivity index (χ4n) is 3.59. The van der Waals surface area contributed by atoms with Crippen molar-refractivity contribution in [2.45, 2.75) is 54.4 Å². The third-order valence-electron chi connectivity index (χ3n) is 4.34. The van der Waals surface area contributed by atoms with E-state index in [2.05, 4.69) is 46.9 Å². The van der Waals surface area contributed by atoms with Gasteiger partial charge in [0.25, 0.3) is 0 Å². The Morgan fingerprint density at radius 2 is 1.56 bits per heavy atom. The summed E-state index contributed by atoms with van der Waals surface area (Å²) in [5.74, 6) is -0.129. The molecular formula is C15H29F2N. The van der Waals surface area contributed by atoms with Crippen LogP contribution in [0.1, 0.15) is 48.0 Å². The maximum atomic E-state index is 13.4. The molecule has 0 spiro atoms. The molecule has 1 aliphatic rings. The van der Waals surface area contributed by atoms with Gasteiger partial charge in [0.2, 0.25) is 6.43 Å². The lowest BCUT2D eigenvalue weighted by Crippen LogP contribution is -2.43. The molecule has 1 aliphatic heterocycles. The van der Waals surface area contributed by atoms with Crippen molar-refractivity contribution in [3.63, 3.8) is 0 Å². The van der Waals surface area contributed by atoms with E-state index in [1.807, 2.05) is 0 Å². The fraction of sp³-hybridized carbons (Fsp3) is 1.00. The third-order valence-corrected chi connectivity index (χ3v) is 4.34. The first-order valence-corrected chi connectivity index (χ1v) is 7.04. The minimum Gasteiger partial charge on any atom is -0.316 e. The Labute approximate surface area is 111 Å². The van der Waals surface area contributed by atoms with E-state index in [0.717, 1.165) is 13.0 Å². The number of nitrogens with one attached hydrogen (secondary N) is 1. The standard InChI is InChI=1S/C15H29F2N/c1-14(2,3)11-7-8-18-9-10(13(16)17)12(11)15(4,5)6/h10-13,18H,7-9H2,1-6H3. The smallest absolute Gasteiger partial charge is 0.242 e. The van der Waals surface area contributed by atoms with Crippen LogP contribution in [0.5, 0.6) is 0 Å². The van der Waals surface area contributed by atoms with E-state index in [4.69, 9.17) is 0 Å². The molecule has 0 saturated carbocycles. The van der Waals surface area contributed by atoms with Gasteiger partial charge in [-0.15, -0.1) is 0 Å². The zero-order chi connectivity index (χ0) is 14.1. The molecule has 108 valence electrons. The normalized spacial score (nSPS) is 31.5. The van der Waals surface area contributed by atoms with Gasteiger partial charge in [-0.3, -0.25) is 0 Å². The lowest BCUT2D eigenvalue weighted by molar-refractivity contribution is -0.0395. The molecule has 0 aromatic heterocycles. The first-order chi connectivity index (χ1) is 8.05. The van der Waals surface area contributed by atoms with Gasteiger partial charge in [0.1, 0.15) is 0 Å². The second kappa shape index (κ2) is 5.44. The third kappa shape index (κ3) is 3.66. The van der Waals surface area contributed by atoms with Gasteiger partial charge in [-0.1, -0.05) is 41.5 Å². The van der Waals surface area contributed by atoms with Gasteiger partial charge in [0.05, 0.1) is 0 Å². The highest BCUT2D eigenvalue weighted by Crippen LogP contribution is 2.48. The molecule has 0 radical (unpaired) electrons. The van der Waals surface area contributed by atoms with Crippen molar-refractivity contribution >= 4 is 0 Å². The molecule has 3 heteroatoms. The molecule has 3 atom stereocenters. The zero-order valence-corrected chi connectivity index (χ0v) is 12.7. The summed E-state index contributed by atoms with van der Waals surface area (Å²) in [5, 5.41) is 3.20. The van der Waals surface area contributed by atoms with E-state index >= 15 is 0 Å². The van der Waals surface area contributed by atoms with E-state index in [-0.39, 0.29) is 16.7 Å². The Morgan fingerprint density at radius 3 is 1.94 bits per heavy atom. The second-order valence-electron chi connectivity index (χ2n) is 7.86. The Morgan fingerprint density at radius 1 is 1.00 bits per heavy atom. The van der Waals surface area contributed by atoms with Crippen molar-refractivity contribution in [2.24, 2.45) is 28.6 Å². The van der Waals surface area contributed by atoms with E-state index in [1.54, 1.807) is 0 Å². The van der Waals surface area contributed by atoms with Gasteiger partial charge >= 0.3 is 0 Å². The molecule has 1 N–H and O–H groups in total. The lowest BCUT2D eigenvalue weighted by Gasteiger charge is -2.46. The van der Waals surface area contributed by atoms with Crippen LogP contribution in [0, 0.1) is 28.6 Å². The first kappa shape index (κ1) is 15.9. The SMILES string of the molecule is CC(C)(C)C1CCNCC(C(F)F)C1C(C)(C)C. The maximum Gasteiger partial charge on any atom is 0.242 e. The summed E-state index contributed by atoms with van der Waals surface area (Å²) < 4.78 is 26.8. The molecule has 1 nitrogen and oxygen atoms in total. The van der Waals surface area contributed by atoms with E-state index in [0.29, 0.717) is 12.5 Å². The molecule has 0 amide bonds. The van der Waals surface area contributed by atoms with Crippen LogP contribution in [-0.2, 0) is 0 Å². The van der Waals surface area contributed by atoms with Crippen molar-refractivity contribution in [3.05, 3.63) is 0 Å². The van der Waals surface area contributed by atoms with Gasteiger partial charge < -0.3 is 5.32 Å². The van der Waals surface area contributed by atoms with Gasteiger partial charge in [-0.25, -0.2) is 8.78 Å². The molecule has 0 bridgehead atoms. The molecule has 1 heterocycles. The van der Waals surface area contributed by atoms with Crippen LogP contribution in [0.25, 0.3) is 0 Å². The van der Waals surface area contributed by atoms with Gasteiger partial charge in [-0.2, -0.15) is 0 Å². The molecule has 18 heavy (non-hydrogen) atoms. The average Bonchev–Trinajstić information content (AvgIpc) is 2.36. The summed E-state index contributed by atoms with van der Waals surface area (Å²) in [4.78, 5) is 0. The molecule has 0 aliphatic carbocycles. The molecule has 0 aromatic carbocycles. The Bertz CT molecular complexity index is 263. The van der Waals surface area contributed by atoms with E-state index in [1.165, 1.54) is 0 Å². The van der Waals surface area contributed by atoms with Crippen molar-refractivity contribution < 1.29 is 8.78 Å². The van der Waals surface area contributed by atoms with Crippen LogP contribution in [0.4, 0.5) is 8.78 Å². The highest BCUT2D eigenvalue weighted by molar-refractivity contribution is 4.94. The number of hydrogen-bond donors (Lipinski definition) is 1. The van der Waals surface area contributed by atoms with E-state index < -0.39 is 12.3 Å². The summed E-state index contributed by atoms with van der Waals surface area (Å²) in [6.07, 6.45) is -1.24. The summed E-state index contributed by atoms with van der Waals surface area (Å²) in [6.45, 7) is 14.2. The number of halogens is 2. The van der Waals surface area contributed by atoms with Gasteiger partial charge in [-0.05, 0) is 35.6 Å². The average molecular weight is 261 g/mol. The van der Waals surface area contributed by atoms with Crippen LogP contribution in [0.2, 0.25) is 0 Å². The Hall–Kier alpha value is -0.180. The molecule has 1 fully saturated rings. The van der Waals surface area contributed by atoms with Crippen LogP contribution >= 0.6 is 0 Å². The second-order valence-corrected chi connectivity index (χ2v) is 7.86. The number of rotatable bonds is 1. The summed E-state index contributed by atoms with van der Waals surface area (Å²) in [5.41, 5.74) is 0.00215. The van der Waals surface area contributed by atoms with Crippen molar-refractivity contribution in [1.29, 1.82) is 0 Å². The molecule has 3 unspecified atom stereocenters. The number of hydrogen-bond acceptors (Lipinski definition) is 1. The van der Waals surface area contributed by atoms with Gasteiger partial charge in [0.15, 0.2) is 0 Å². The maximum absolute atomic E-state index is 13.4. The quantitative estimate of drug-likeness (QED) is 0.746. The van der Waals surface area contributed by atoms with Crippen LogP contribution in [0.3, 0.4) is 0 Å². The minimum absolute atomic E-state index is 0.0625. The number of alkyl halides is 2. The van der Waals surface area contributed by atoms with Crippen molar-refractivity contribution in [3.8, 4) is 0 Å². The summed E-state index contributed by atoms with van der Waals surface area (Å²) >= 11 is 0. The lowest BCUT2D eigenvalue weighted by atomic mass is 9.59. The molecular weight excluding hydrogens is 232 g/mol. The Balaban J connectivity index is 3.13. The van der Waals surface area contributed by atoms with Crippen LogP contribution in [0.15, 0.2) is 0 Å². The highest BCUT2D eigenvalue weighted by Gasteiger charge is 2.46. The first-order valence-electron chi connectivity index (χ1n) is 7.04. The minimum atomic E-state index is -2.23. The monoisotopic (exact) mass is 261 g/mol. The van der Waals surface area contributed by atoms with Crippen molar-refractivity contribution in [1.82, 2.24) is 5.32 Å². The van der Waals surface area contributed by atoms with Crippen LogP contribution < -0.4 is 5.32 Å². The predicted molar refractivity (Wildman–Crippen MR) is 72.9 cm³/mol. The van der Waals surface area contributed by atoms with Crippen molar-refractivity contribution in [2.75, 3.05) is 13.1 Å². The fourth-order valence-corrected chi connectivity index (χ4v) is 3.59. The van der Waals surface area contributed by atoms with Crippen LogP contribution in [-0.4, -0.2) is 19.5 Å². The summed E-state index contributed by atoms with van der Waals surface area (Å²) in [7, 11) is 0. The Kier molecular flexibility index (Phi) is 4.80. The topological polar surface area (TPSA) is 12.0 Å². The molecule has 1 rings (SSSR count). The summed E-state index contributed by atoms with van der Waals surface area (Å²) in [6, 6.07) is 0. The largest absolute Gasteiger partial charge is 0.316 e. The zero-order valence-electron chi connectivity index (χ0n) is 12.7. The van der Waals surface area contributed by atoms with Gasteiger partial charge in [0, 0.05) is 12.5 Å². The predicted octanol–water partition coefficient (Wildman–Crippen LogP) is 4.19.